The largest absolute Gasteiger partial charge is 0.378 e. The van der Waals surface area contributed by atoms with Crippen LogP contribution in [0.25, 0.3) is 0 Å². The maximum absolute atomic E-state index is 10.5. The molecule has 0 aliphatic carbocycles. The number of aliphatic hydroxyl groups is 1. The molecular weight excluding hydrogens is 657 g/mol. The van der Waals surface area contributed by atoms with E-state index in [2.05, 4.69) is 13.8 Å². The maximum Gasteiger partial charge on any atom is 0.181 e. The summed E-state index contributed by atoms with van der Waals surface area (Å²) in [7, 11) is 0. The van der Waals surface area contributed by atoms with Crippen LogP contribution < -0.4 is 0 Å². The summed E-state index contributed by atoms with van der Waals surface area (Å²) in [6, 6.07) is 9.55. The predicted octanol–water partition coefficient (Wildman–Crippen LogP) is 15.2. The SMILES string of the molecule is CC.CC.CCCCCCCCCCCCCCCCOC1CC(OCCCCCCCCCCCCCCC)CC(COC(O)c2ccccc2)O1. The van der Waals surface area contributed by atoms with E-state index < -0.39 is 6.29 Å². The molecule has 4 atom stereocenters. The smallest absolute Gasteiger partial charge is 0.181 e. The van der Waals surface area contributed by atoms with Crippen molar-refractivity contribution in [3.05, 3.63) is 35.9 Å². The van der Waals surface area contributed by atoms with Crippen molar-refractivity contribution >= 4 is 0 Å². The van der Waals surface area contributed by atoms with Gasteiger partial charge in [0.2, 0.25) is 0 Å². The molecule has 0 aromatic heterocycles. The molecule has 1 saturated heterocycles. The summed E-state index contributed by atoms with van der Waals surface area (Å²) < 4.78 is 24.8. The summed E-state index contributed by atoms with van der Waals surface area (Å²) in [5.74, 6) is 0. The van der Waals surface area contributed by atoms with Gasteiger partial charge in [0.1, 0.15) is 0 Å². The van der Waals surface area contributed by atoms with Gasteiger partial charge in [-0.15, -0.1) is 0 Å². The molecule has 2 rings (SSSR count). The molecule has 0 radical (unpaired) electrons. The number of hydrogen-bond donors (Lipinski definition) is 1. The van der Waals surface area contributed by atoms with Gasteiger partial charge in [-0.3, -0.25) is 0 Å². The minimum absolute atomic E-state index is 0.106. The van der Waals surface area contributed by atoms with Gasteiger partial charge in [-0.25, -0.2) is 0 Å². The van der Waals surface area contributed by atoms with E-state index in [9.17, 15) is 5.11 Å². The zero-order chi connectivity index (χ0) is 38.9. The Morgan fingerprint density at radius 2 is 0.906 bits per heavy atom. The molecule has 1 aliphatic heterocycles. The molecule has 1 aromatic carbocycles. The van der Waals surface area contributed by atoms with E-state index >= 15 is 0 Å². The zero-order valence-electron chi connectivity index (χ0n) is 36.4. The molecular formula is C48H92O5. The molecule has 1 aromatic rings. The zero-order valence-corrected chi connectivity index (χ0v) is 36.4. The van der Waals surface area contributed by atoms with Crippen molar-refractivity contribution in [1.82, 2.24) is 0 Å². The van der Waals surface area contributed by atoms with Crippen molar-refractivity contribution in [2.45, 2.75) is 253 Å². The third kappa shape index (κ3) is 32.9. The van der Waals surface area contributed by atoms with Gasteiger partial charge in [0.15, 0.2) is 12.6 Å². The molecule has 1 heterocycles. The van der Waals surface area contributed by atoms with Gasteiger partial charge < -0.3 is 24.1 Å². The summed E-state index contributed by atoms with van der Waals surface area (Å²) in [6.45, 7) is 14.4. The summed E-state index contributed by atoms with van der Waals surface area (Å²) in [6.07, 6.45) is 36.9. The Morgan fingerprint density at radius 1 is 0.528 bits per heavy atom. The molecule has 0 bridgehead atoms. The second-order valence-electron chi connectivity index (χ2n) is 15.0. The van der Waals surface area contributed by atoms with E-state index in [-0.39, 0.29) is 18.5 Å². The first kappa shape index (κ1) is 52.0. The molecule has 5 heteroatoms. The lowest BCUT2D eigenvalue weighted by Crippen LogP contribution is -2.41. The highest BCUT2D eigenvalue weighted by molar-refractivity contribution is 5.15. The average Bonchev–Trinajstić information content (AvgIpc) is 3.20. The van der Waals surface area contributed by atoms with Crippen molar-refractivity contribution in [3.63, 3.8) is 0 Å². The Hall–Kier alpha value is -0.980. The minimum atomic E-state index is -0.952. The molecule has 5 nitrogen and oxygen atoms in total. The monoisotopic (exact) mass is 749 g/mol. The highest BCUT2D eigenvalue weighted by Gasteiger charge is 2.31. The lowest BCUT2D eigenvalue weighted by Gasteiger charge is -2.35. The lowest BCUT2D eigenvalue weighted by atomic mass is 10.0. The molecule has 53 heavy (non-hydrogen) atoms. The Morgan fingerprint density at radius 3 is 1.32 bits per heavy atom. The molecule has 0 amide bonds. The first-order valence-corrected chi connectivity index (χ1v) is 23.5. The van der Waals surface area contributed by atoms with Crippen LogP contribution in [0, 0.1) is 0 Å². The number of unbranched alkanes of at least 4 members (excludes halogenated alkanes) is 25. The maximum atomic E-state index is 10.5. The molecule has 1 fully saturated rings. The van der Waals surface area contributed by atoms with Crippen LogP contribution in [0.2, 0.25) is 0 Å². The van der Waals surface area contributed by atoms with Crippen LogP contribution in [-0.4, -0.2) is 43.4 Å². The van der Waals surface area contributed by atoms with Crippen molar-refractivity contribution in [2.24, 2.45) is 0 Å². The second kappa shape index (κ2) is 42.2. The molecule has 1 N–H and O–H groups in total. The van der Waals surface area contributed by atoms with E-state index in [4.69, 9.17) is 18.9 Å². The Kier molecular flexibility index (Phi) is 41.4. The Labute approximate surface area is 331 Å². The summed E-state index contributed by atoms with van der Waals surface area (Å²) in [4.78, 5) is 0. The third-order valence-corrected chi connectivity index (χ3v) is 10.3. The average molecular weight is 749 g/mol. The van der Waals surface area contributed by atoms with Crippen molar-refractivity contribution in [2.75, 3.05) is 19.8 Å². The fourth-order valence-corrected chi connectivity index (χ4v) is 7.07. The Bertz CT molecular complexity index is 804. The number of ether oxygens (including phenoxy) is 4. The van der Waals surface area contributed by atoms with Crippen LogP contribution in [0.15, 0.2) is 30.3 Å². The van der Waals surface area contributed by atoms with Gasteiger partial charge in [0.05, 0.1) is 18.8 Å². The predicted molar refractivity (Wildman–Crippen MR) is 230 cm³/mol. The fraction of sp³-hybridized carbons (Fsp3) is 0.875. The van der Waals surface area contributed by atoms with Crippen molar-refractivity contribution in [1.29, 1.82) is 0 Å². The fourth-order valence-electron chi connectivity index (χ4n) is 7.07. The summed E-state index contributed by atoms with van der Waals surface area (Å²) in [5.41, 5.74) is 0.763. The normalized spacial score (nSPS) is 17.5. The van der Waals surface area contributed by atoms with E-state index in [1.807, 2.05) is 58.0 Å². The topological polar surface area (TPSA) is 57.2 Å². The standard InChI is InChI=1S/C44H80O5.2C2H6/c1-3-5-7-9-11-13-15-17-19-21-23-25-27-32-36-47-43-38-41(37-42(49-43)39-48-44(45)40-33-29-28-30-34-40)46-35-31-26-24-22-20-18-16-14-12-10-8-6-4-2;2*1-2/h28-30,33-34,41-45H,3-27,31-32,35-39H2,1-2H3;2*1-2H3. The summed E-state index contributed by atoms with van der Waals surface area (Å²) >= 11 is 0. The van der Waals surface area contributed by atoms with E-state index in [1.54, 1.807) is 0 Å². The van der Waals surface area contributed by atoms with Crippen LogP contribution in [0.1, 0.15) is 240 Å². The molecule has 1 aliphatic rings. The Balaban J connectivity index is 0.00000652. The number of hydrogen-bond acceptors (Lipinski definition) is 5. The first-order chi connectivity index (χ1) is 26.2. The minimum Gasteiger partial charge on any atom is -0.378 e. The molecule has 314 valence electrons. The molecule has 0 saturated carbocycles. The van der Waals surface area contributed by atoms with Crippen LogP contribution >= 0.6 is 0 Å². The van der Waals surface area contributed by atoms with Crippen molar-refractivity contribution in [3.8, 4) is 0 Å². The van der Waals surface area contributed by atoms with Crippen LogP contribution in [0.3, 0.4) is 0 Å². The van der Waals surface area contributed by atoms with Crippen LogP contribution in [0.4, 0.5) is 0 Å². The van der Waals surface area contributed by atoms with Gasteiger partial charge in [0.25, 0.3) is 0 Å². The van der Waals surface area contributed by atoms with Crippen molar-refractivity contribution < 1.29 is 24.1 Å². The van der Waals surface area contributed by atoms with E-state index in [1.165, 1.54) is 161 Å². The van der Waals surface area contributed by atoms with E-state index in [0.717, 1.165) is 44.5 Å². The quantitative estimate of drug-likeness (QED) is 0.0553. The van der Waals surface area contributed by atoms with Crippen LogP contribution in [0.5, 0.6) is 0 Å². The number of aliphatic hydroxyl groups excluding tert-OH is 1. The number of rotatable bonds is 35. The third-order valence-electron chi connectivity index (χ3n) is 10.3. The van der Waals surface area contributed by atoms with Gasteiger partial charge >= 0.3 is 0 Å². The van der Waals surface area contributed by atoms with E-state index in [0.29, 0.717) is 6.61 Å². The highest BCUT2D eigenvalue weighted by Crippen LogP contribution is 2.26. The van der Waals surface area contributed by atoms with Gasteiger partial charge in [-0.1, -0.05) is 232 Å². The van der Waals surface area contributed by atoms with Gasteiger partial charge in [-0.05, 0) is 12.8 Å². The highest BCUT2D eigenvalue weighted by atomic mass is 16.7. The number of benzene rings is 1. The molecule has 4 unspecified atom stereocenters. The van der Waals surface area contributed by atoms with Crippen LogP contribution in [-0.2, 0) is 18.9 Å². The summed E-state index contributed by atoms with van der Waals surface area (Å²) in [5, 5.41) is 10.5. The second-order valence-corrected chi connectivity index (χ2v) is 15.0. The first-order valence-electron chi connectivity index (χ1n) is 23.5. The van der Waals surface area contributed by atoms with Gasteiger partial charge in [-0.2, -0.15) is 0 Å². The van der Waals surface area contributed by atoms with Gasteiger partial charge in [0, 0.05) is 31.6 Å². The molecule has 0 spiro atoms. The lowest BCUT2D eigenvalue weighted by molar-refractivity contribution is -0.242.